The van der Waals surface area contributed by atoms with Crippen molar-refractivity contribution in [3.8, 4) is 0 Å². The molecule has 0 bridgehead atoms. The molecule has 2 aliphatic heterocycles. The van der Waals surface area contributed by atoms with Gasteiger partial charge in [-0.2, -0.15) is 0 Å². The first kappa shape index (κ1) is 21.0. The summed E-state index contributed by atoms with van der Waals surface area (Å²) in [4.78, 5) is 57.2. The van der Waals surface area contributed by atoms with E-state index in [9.17, 15) is 19.2 Å². The third kappa shape index (κ3) is 2.40. The van der Waals surface area contributed by atoms with Crippen LogP contribution in [-0.2, 0) is 0 Å². The Labute approximate surface area is 205 Å². The van der Waals surface area contributed by atoms with Gasteiger partial charge in [0.1, 0.15) is 0 Å². The van der Waals surface area contributed by atoms with Crippen molar-refractivity contribution < 1.29 is 19.2 Å². The number of hydrogen-bond donors (Lipinski definition) is 0. The van der Waals surface area contributed by atoms with Crippen LogP contribution in [0.25, 0.3) is 43.1 Å². The third-order valence-electron chi connectivity index (χ3n) is 7.69. The van der Waals surface area contributed by atoms with Crippen molar-refractivity contribution in [2.75, 3.05) is 34.2 Å². The fraction of sp³-hybridized carbons (Fsp3) is 0.172. The van der Waals surface area contributed by atoms with Crippen molar-refractivity contribution >= 4 is 66.7 Å². The smallest absolute Gasteiger partial charge is 0.261 e. The Kier molecular flexibility index (Phi) is 4.00. The molecule has 176 valence electrons. The van der Waals surface area contributed by atoms with Gasteiger partial charge in [-0.1, -0.05) is 24.3 Å². The Morgan fingerprint density at radius 3 is 1.28 bits per heavy atom. The van der Waals surface area contributed by atoms with E-state index in [-0.39, 0.29) is 23.6 Å². The van der Waals surface area contributed by atoms with Gasteiger partial charge in [0, 0.05) is 53.2 Å². The second kappa shape index (κ2) is 6.86. The molecular weight excluding hydrogens is 454 g/mol. The summed E-state index contributed by atoms with van der Waals surface area (Å²) in [5.74, 6) is -1.20. The quantitative estimate of drug-likeness (QED) is 0.223. The molecule has 0 fully saturated rings. The van der Waals surface area contributed by atoms with Crippen molar-refractivity contribution in [3.05, 3.63) is 70.8 Å². The maximum atomic E-state index is 13.4. The Morgan fingerprint density at radius 1 is 0.556 bits per heavy atom. The molecule has 2 aliphatic rings. The number of benzene rings is 5. The van der Waals surface area contributed by atoms with E-state index in [0.717, 1.165) is 37.2 Å². The number of rotatable bonds is 3. The number of fused-ring (bicyclic) bond motifs is 2. The molecule has 7 nitrogen and oxygen atoms in total. The molecule has 4 amide bonds. The topological polar surface area (TPSA) is 78.0 Å². The maximum Gasteiger partial charge on any atom is 0.261 e. The van der Waals surface area contributed by atoms with E-state index in [0.29, 0.717) is 46.1 Å². The minimum absolute atomic E-state index is 0.284. The Bertz CT molecular complexity index is 1750. The number of nitrogens with zero attached hydrogens (tertiary/aromatic N) is 3. The number of hydrogen-bond acceptors (Lipinski definition) is 5. The van der Waals surface area contributed by atoms with Gasteiger partial charge in [0.15, 0.2) is 0 Å². The van der Waals surface area contributed by atoms with Gasteiger partial charge in [-0.25, -0.2) is 0 Å². The highest BCUT2D eigenvalue weighted by atomic mass is 16.2. The van der Waals surface area contributed by atoms with E-state index in [4.69, 9.17) is 0 Å². The molecule has 0 radical (unpaired) electrons. The van der Waals surface area contributed by atoms with Crippen LogP contribution in [0.1, 0.15) is 41.4 Å². The van der Waals surface area contributed by atoms with Crippen molar-refractivity contribution in [1.29, 1.82) is 0 Å². The molecule has 2 heterocycles. The van der Waals surface area contributed by atoms with Gasteiger partial charge in [0.2, 0.25) is 0 Å². The molecular formula is C29H21N3O4. The summed E-state index contributed by atoms with van der Waals surface area (Å²) in [6.45, 7) is 0.901. The lowest BCUT2D eigenvalue weighted by molar-refractivity contribution is 0.0597. The van der Waals surface area contributed by atoms with E-state index in [1.807, 2.05) is 43.3 Å². The highest BCUT2D eigenvalue weighted by Gasteiger charge is 2.35. The largest absolute Gasteiger partial charge is 0.308 e. The second-order valence-corrected chi connectivity index (χ2v) is 9.88. The highest BCUT2D eigenvalue weighted by molar-refractivity contribution is 6.41. The normalized spacial score (nSPS) is 15.7. The molecule has 0 N–H and O–H groups in total. The van der Waals surface area contributed by atoms with Crippen LogP contribution in [-0.4, -0.2) is 72.6 Å². The molecule has 0 saturated carbocycles. The molecule has 0 unspecified atom stereocenters. The van der Waals surface area contributed by atoms with Gasteiger partial charge < -0.3 is 4.90 Å². The van der Waals surface area contributed by atoms with Crippen LogP contribution in [0.3, 0.4) is 0 Å². The van der Waals surface area contributed by atoms with Crippen LogP contribution in [0.2, 0.25) is 0 Å². The second-order valence-electron chi connectivity index (χ2n) is 9.88. The molecule has 0 atom stereocenters. The first-order valence-corrected chi connectivity index (χ1v) is 11.8. The van der Waals surface area contributed by atoms with Gasteiger partial charge in [0.05, 0.1) is 0 Å². The van der Waals surface area contributed by atoms with E-state index >= 15 is 0 Å². The lowest BCUT2D eigenvalue weighted by Crippen LogP contribution is -2.43. The summed E-state index contributed by atoms with van der Waals surface area (Å²) in [6.07, 6.45) is 0. The zero-order valence-corrected chi connectivity index (χ0v) is 20.0. The Morgan fingerprint density at radius 2 is 0.917 bits per heavy atom. The summed E-state index contributed by atoms with van der Waals surface area (Å²) in [7, 11) is 5.32. The van der Waals surface area contributed by atoms with E-state index in [1.54, 1.807) is 24.3 Å². The number of carbonyl (C=O) groups excluding carboxylic acids is 4. The van der Waals surface area contributed by atoms with Crippen LogP contribution < -0.4 is 0 Å². The van der Waals surface area contributed by atoms with Gasteiger partial charge in [-0.15, -0.1) is 0 Å². The number of likely N-dealkylation sites (N-methyl/N-ethyl adjacent to an activating group) is 1. The minimum atomic E-state index is -0.318. The van der Waals surface area contributed by atoms with Gasteiger partial charge in [-0.05, 0) is 70.7 Å². The number of amides is 4. The zero-order chi connectivity index (χ0) is 25.0. The summed E-state index contributed by atoms with van der Waals surface area (Å²) in [5, 5.41) is 6.62. The Balaban J connectivity index is 1.60. The Hall–Kier alpha value is -4.36. The first-order chi connectivity index (χ1) is 17.3. The first-order valence-electron chi connectivity index (χ1n) is 11.8. The fourth-order valence-corrected chi connectivity index (χ4v) is 5.94. The molecule has 5 aromatic rings. The fourth-order valence-electron chi connectivity index (χ4n) is 5.94. The molecule has 0 saturated heterocycles. The van der Waals surface area contributed by atoms with E-state index in [1.165, 1.54) is 11.9 Å². The summed E-state index contributed by atoms with van der Waals surface area (Å²) in [5.41, 5.74) is 2.04. The van der Waals surface area contributed by atoms with Crippen molar-refractivity contribution in [3.63, 3.8) is 0 Å². The standard InChI is InChI=1S/C29H21N3O4/c1-30(2)12-13-32-28(35)20-10-6-16-14-4-8-18-24-19(27(34)31(3)26(18)33)9-5-15(22(14)24)17-7-11-21(29(32)36)25(20)23(16)17/h4-11H,12-13H2,1-3H3. The third-order valence-corrected chi connectivity index (χ3v) is 7.69. The molecule has 0 spiro atoms. The molecule has 7 heteroatoms. The lowest BCUT2D eigenvalue weighted by Gasteiger charge is -2.30. The predicted octanol–water partition coefficient (Wildman–Crippen LogP) is 4.12. The van der Waals surface area contributed by atoms with Crippen LogP contribution >= 0.6 is 0 Å². The summed E-state index contributed by atoms with van der Waals surface area (Å²) < 4.78 is 0. The van der Waals surface area contributed by atoms with Gasteiger partial charge in [-0.3, -0.25) is 29.0 Å². The minimum Gasteiger partial charge on any atom is -0.308 e. The molecule has 0 aromatic heterocycles. The molecule has 0 aliphatic carbocycles. The molecule has 7 rings (SSSR count). The van der Waals surface area contributed by atoms with Gasteiger partial charge >= 0.3 is 0 Å². The van der Waals surface area contributed by atoms with Crippen molar-refractivity contribution in [2.45, 2.75) is 0 Å². The van der Waals surface area contributed by atoms with Crippen LogP contribution in [0, 0.1) is 0 Å². The van der Waals surface area contributed by atoms with Crippen molar-refractivity contribution in [1.82, 2.24) is 14.7 Å². The van der Waals surface area contributed by atoms with Crippen LogP contribution in [0.15, 0.2) is 48.5 Å². The van der Waals surface area contributed by atoms with Crippen molar-refractivity contribution in [2.24, 2.45) is 0 Å². The van der Waals surface area contributed by atoms with Crippen LogP contribution in [0.4, 0.5) is 0 Å². The average Bonchev–Trinajstić information content (AvgIpc) is 2.88. The highest BCUT2D eigenvalue weighted by Crippen LogP contribution is 2.46. The average molecular weight is 476 g/mol. The molecule has 5 aromatic carbocycles. The zero-order valence-electron chi connectivity index (χ0n) is 20.0. The number of imide groups is 2. The van der Waals surface area contributed by atoms with E-state index in [2.05, 4.69) is 0 Å². The van der Waals surface area contributed by atoms with E-state index < -0.39 is 0 Å². The number of carbonyl (C=O) groups is 4. The van der Waals surface area contributed by atoms with Crippen LogP contribution in [0.5, 0.6) is 0 Å². The van der Waals surface area contributed by atoms with Gasteiger partial charge in [0.25, 0.3) is 23.6 Å². The monoisotopic (exact) mass is 475 g/mol. The summed E-state index contributed by atoms with van der Waals surface area (Å²) in [6, 6.07) is 14.8. The predicted molar refractivity (Wildman–Crippen MR) is 138 cm³/mol. The lowest BCUT2D eigenvalue weighted by atomic mass is 9.82. The SMILES string of the molecule is CN(C)CCN1C(=O)c2ccc3c4ccc5c6c(ccc(c7ccc(c2c37)C1=O)c64)C(=O)N(C)C5=O. The molecule has 36 heavy (non-hydrogen) atoms. The summed E-state index contributed by atoms with van der Waals surface area (Å²) >= 11 is 0. The maximum absolute atomic E-state index is 13.4.